The van der Waals surface area contributed by atoms with Gasteiger partial charge in [0.05, 0.1) is 4.92 Å². The fourth-order valence-corrected chi connectivity index (χ4v) is 1.52. The Bertz CT molecular complexity index is 458. The molecule has 1 heterocycles. The van der Waals surface area contributed by atoms with Crippen molar-refractivity contribution in [3.05, 3.63) is 27.9 Å². The summed E-state index contributed by atoms with van der Waals surface area (Å²) in [5, 5.41) is 22.6. The van der Waals surface area contributed by atoms with Crippen molar-refractivity contribution in [1.82, 2.24) is 4.98 Å². The molecule has 0 aliphatic carbocycles. The van der Waals surface area contributed by atoms with Gasteiger partial charge in [0.15, 0.2) is 0 Å². The second-order valence-electron chi connectivity index (χ2n) is 3.81. The van der Waals surface area contributed by atoms with Gasteiger partial charge in [-0.1, -0.05) is 13.8 Å². The average molecular weight is 253 g/mol. The summed E-state index contributed by atoms with van der Waals surface area (Å²) in [5.74, 6) is -1.07. The first-order valence-electron chi connectivity index (χ1n) is 5.63. The number of rotatable bonds is 6. The molecule has 0 bridgehead atoms. The van der Waals surface area contributed by atoms with Crippen molar-refractivity contribution >= 4 is 17.5 Å². The number of carboxylic acids is 1. The van der Waals surface area contributed by atoms with Crippen LogP contribution in [-0.4, -0.2) is 27.0 Å². The molecule has 0 unspecified atom stereocenters. The van der Waals surface area contributed by atoms with E-state index in [0.717, 1.165) is 25.1 Å². The number of nitrogens with one attached hydrogen (secondary N) is 1. The first kappa shape index (κ1) is 13.9. The molecule has 2 N–H and O–H groups in total. The van der Waals surface area contributed by atoms with Crippen LogP contribution in [0.25, 0.3) is 0 Å². The van der Waals surface area contributed by atoms with Crippen molar-refractivity contribution in [2.24, 2.45) is 0 Å². The molecule has 0 saturated heterocycles. The van der Waals surface area contributed by atoms with Gasteiger partial charge in [-0.3, -0.25) is 10.1 Å². The van der Waals surface area contributed by atoms with Crippen LogP contribution < -0.4 is 5.32 Å². The van der Waals surface area contributed by atoms with E-state index in [4.69, 9.17) is 5.11 Å². The zero-order chi connectivity index (χ0) is 13.7. The summed E-state index contributed by atoms with van der Waals surface area (Å²) in [6.07, 6.45) is 2.68. The molecule has 1 rings (SSSR count). The van der Waals surface area contributed by atoms with Crippen LogP contribution in [0.5, 0.6) is 0 Å². The second-order valence-corrected chi connectivity index (χ2v) is 3.81. The largest absolute Gasteiger partial charge is 0.478 e. The van der Waals surface area contributed by atoms with Crippen LogP contribution in [0, 0.1) is 10.1 Å². The van der Waals surface area contributed by atoms with Gasteiger partial charge in [-0.05, 0) is 12.8 Å². The second kappa shape index (κ2) is 5.95. The summed E-state index contributed by atoms with van der Waals surface area (Å²) in [6.45, 7) is 3.93. The van der Waals surface area contributed by atoms with Crippen LogP contribution in [0.1, 0.15) is 37.0 Å². The van der Waals surface area contributed by atoms with Gasteiger partial charge in [0.1, 0.15) is 17.6 Å². The molecule has 0 fully saturated rings. The Labute approximate surface area is 104 Å². The number of hydrogen-bond donors (Lipinski definition) is 2. The molecule has 7 heteroatoms. The van der Waals surface area contributed by atoms with E-state index in [1.807, 2.05) is 13.8 Å². The molecule has 18 heavy (non-hydrogen) atoms. The summed E-state index contributed by atoms with van der Waals surface area (Å²) in [5.41, 5.74) is -0.515. The lowest BCUT2D eigenvalue weighted by Crippen LogP contribution is -2.20. The zero-order valence-electron chi connectivity index (χ0n) is 10.2. The van der Waals surface area contributed by atoms with Gasteiger partial charge in [0.25, 0.3) is 5.69 Å². The maximum Gasteiger partial charge on any atom is 0.339 e. The van der Waals surface area contributed by atoms with Crippen molar-refractivity contribution < 1.29 is 14.8 Å². The fraction of sp³-hybridized carbons (Fsp3) is 0.455. The van der Waals surface area contributed by atoms with Gasteiger partial charge < -0.3 is 10.4 Å². The van der Waals surface area contributed by atoms with Gasteiger partial charge >= 0.3 is 5.97 Å². The molecule has 98 valence electrons. The summed E-state index contributed by atoms with van der Waals surface area (Å²) in [6, 6.07) is 1.11. The number of aromatic nitrogens is 1. The molecule has 0 radical (unpaired) electrons. The molecular formula is C11H15N3O4. The highest BCUT2D eigenvalue weighted by molar-refractivity contribution is 5.93. The fourth-order valence-electron chi connectivity index (χ4n) is 1.52. The molecule has 0 atom stereocenters. The third-order valence-electron chi connectivity index (χ3n) is 2.64. The lowest BCUT2D eigenvalue weighted by atomic mass is 10.1. The summed E-state index contributed by atoms with van der Waals surface area (Å²) < 4.78 is 0. The van der Waals surface area contributed by atoms with E-state index in [9.17, 15) is 14.9 Å². The number of aromatic carboxylic acids is 1. The predicted octanol–water partition coefficient (Wildman–Crippen LogP) is 2.29. The molecule has 1 aromatic rings. The Kier molecular flexibility index (Phi) is 4.59. The molecule has 0 aliphatic heterocycles. The molecular weight excluding hydrogens is 238 g/mol. The van der Waals surface area contributed by atoms with Crippen LogP contribution in [0.3, 0.4) is 0 Å². The van der Waals surface area contributed by atoms with Crippen LogP contribution in [0.4, 0.5) is 11.5 Å². The van der Waals surface area contributed by atoms with E-state index < -0.39 is 10.9 Å². The number of nitro groups is 1. The third kappa shape index (κ3) is 3.16. The summed E-state index contributed by atoms with van der Waals surface area (Å²) >= 11 is 0. The third-order valence-corrected chi connectivity index (χ3v) is 2.64. The standard InChI is InChI=1S/C11H15N3O4/c1-3-7(4-2)13-10-9(11(15)16)5-8(6-12-10)14(17)18/h5-7H,3-4H2,1-2H3,(H,12,13)(H,15,16). The zero-order valence-corrected chi connectivity index (χ0v) is 10.2. The number of nitrogens with zero attached hydrogens (tertiary/aromatic N) is 2. The van der Waals surface area contributed by atoms with Crippen molar-refractivity contribution in [1.29, 1.82) is 0 Å². The molecule has 1 aromatic heterocycles. The topological polar surface area (TPSA) is 105 Å². The van der Waals surface area contributed by atoms with Crippen LogP contribution in [0.15, 0.2) is 12.3 Å². The highest BCUT2D eigenvalue weighted by atomic mass is 16.6. The molecule has 0 saturated carbocycles. The van der Waals surface area contributed by atoms with Crippen molar-refractivity contribution in [2.75, 3.05) is 5.32 Å². The minimum atomic E-state index is -1.24. The maximum atomic E-state index is 11.1. The molecule has 0 aromatic carbocycles. The Balaban J connectivity index is 3.11. The van der Waals surface area contributed by atoms with Gasteiger partial charge in [-0.15, -0.1) is 0 Å². The Morgan fingerprint density at radius 1 is 1.56 bits per heavy atom. The van der Waals surface area contributed by atoms with Crippen LogP contribution in [-0.2, 0) is 0 Å². The van der Waals surface area contributed by atoms with Gasteiger partial charge in [0, 0.05) is 12.1 Å². The molecule has 0 spiro atoms. The SMILES string of the molecule is CCC(CC)Nc1ncc([N+](=O)[O-])cc1C(=O)O. The van der Waals surface area contributed by atoms with Crippen molar-refractivity contribution in [3.8, 4) is 0 Å². The van der Waals surface area contributed by atoms with E-state index in [-0.39, 0.29) is 23.1 Å². The first-order chi connectivity index (χ1) is 8.49. The highest BCUT2D eigenvalue weighted by Crippen LogP contribution is 2.20. The number of hydrogen-bond acceptors (Lipinski definition) is 5. The molecule has 0 amide bonds. The minimum Gasteiger partial charge on any atom is -0.478 e. The van der Waals surface area contributed by atoms with Gasteiger partial charge in [-0.2, -0.15) is 0 Å². The maximum absolute atomic E-state index is 11.1. The Morgan fingerprint density at radius 2 is 2.17 bits per heavy atom. The summed E-state index contributed by atoms with van der Waals surface area (Å²) in [7, 11) is 0. The minimum absolute atomic E-state index is 0.0945. The lowest BCUT2D eigenvalue weighted by Gasteiger charge is -2.16. The van der Waals surface area contributed by atoms with E-state index in [1.165, 1.54) is 0 Å². The first-order valence-corrected chi connectivity index (χ1v) is 5.63. The highest BCUT2D eigenvalue weighted by Gasteiger charge is 2.18. The Morgan fingerprint density at radius 3 is 2.61 bits per heavy atom. The number of anilines is 1. The van der Waals surface area contributed by atoms with E-state index in [1.54, 1.807) is 0 Å². The van der Waals surface area contributed by atoms with E-state index in [2.05, 4.69) is 10.3 Å². The number of pyridine rings is 1. The Hall–Kier alpha value is -2.18. The smallest absolute Gasteiger partial charge is 0.339 e. The van der Waals surface area contributed by atoms with Gasteiger partial charge in [0.2, 0.25) is 0 Å². The van der Waals surface area contributed by atoms with Crippen LogP contribution >= 0.6 is 0 Å². The monoisotopic (exact) mass is 253 g/mol. The van der Waals surface area contributed by atoms with Crippen molar-refractivity contribution in [3.63, 3.8) is 0 Å². The van der Waals surface area contributed by atoms with E-state index in [0.29, 0.717) is 0 Å². The normalized spacial score (nSPS) is 10.4. The van der Waals surface area contributed by atoms with Gasteiger partial charge in [-0.25, -0.2) is 9.78 Å². The number of carboxylic acid groups (broad SMARTS) is 1. The van der Waals surface area contributed by atoms with Crippen molar-refractivity contribution in [2.45, 2.75) is 32.7 Å². The average Bonchev–Trinajstić information content (AvgIpc) is 2.35. The number of carbonyl (C=O) groups is 1. The van der Waals surface area contributed by atoms with E-state index >= 15 is 0 Å². The summed E-state index contributed by atoms with van der Waals surface area (Å²) in [4.78, 5) is 24.8. The predicted molar refractivity (Wildman–Crippen MR) is 65.8 cm³/mol. The lowest BCUT2D eigenvalue weighted by molar-refractivity contribution is -0.385. The molecule has 0 aliphatic rings. The quantitative estimate of drug-likeness (QED) is 0.595. The van der Waals surface area contributed by atoms with Crippen LogP contribution in [0.2, 0.25) is 0 Å². The molecule has 7 nitrogen and oxygen atoms in total.